The van der Waals surface area contributed by atoms with Crippen LogP contribution in [0.2, 0.25) is 0 Å². The zero-order valence-corrected chi connectivity index (χ0v) is 3.78. The van der Waals surface area contributed by atoms with Crippen molar-refractivity contribution in [3.63, 3.8) is 0 Å². The fraction of sp³-hybridized carbons (Fsp3) is 0. The van der Waals surface area contributed by atoms with Crippen molar-refractivity contribution in [2.45, 2.75) is 0 Å². The molecule has 1 heterocycles. The molecule has 4 heteroatoms. The molecule has 0 atom stereocenters. The topological polar surface area (TPSA) is 73.7 Å². The van der Waals surface area contributed by atoms with Gasteiger partial charge in [-0.1, -0.05) is 0 Å². The maximum atomic E-state index is 3.42. The Kier molecular flexibility index (Phi) is 2.70. The lowest BCUT2D eigenvalue weighted by Crippen LogP contribution is -1.78. The summed E-state index contributed by atoms with van der Waals surface area (Å²) < 4.78 is 0. The first-order valence-electron chi connectivity index (χ1n) is 1.58. The van der Waals surface area contributed by atoms with E-state index in [-0.39, 0.29) is 6.15 Å². The Morgan fingerprint density at radius 1 is 1.00 bits per heavy atom. The average Bonchev–Trinajstić information content (AvgIpc) is 1.72. The molecule has 0 radical (unpaired) electrons. The molecular weight excluding hydrogens is 92.1 g/mol. The standard InChI is InChI=1S/C3H3N3.H3N/c1-2-4-6-5-3-1;/h1-3H;1H3. The second-order valence-corrected chi connectivity index (χ2v) is 0.811. The van der Waals surface area contributed by atoms with Gasteiger partial charge < -0.3 is 6.15 Å². The van der Waals surface area contributed by atoms with Gasteiger partial charge in [0, 0.05) is 0 Å². The quantitative estimate of drug-likeness (QED) is 0.497. The molecule has 0 saturated heterocycles. The highest BCUT2D eigenvalue weighted by atomic mass is 15.3. The maximum Gasteiger partial charge on any atom is 0.0529 e. The number of hydrogen-bond acceptors (Lipinski definition) is 4. The van der Waals surface area contributed by atoms with Gasteiger partial charge in [0.1, 0.15) is 0 Å². The van der Waals surface area contributed by atoms with Gasteiger partial charge in [0.2, 0.25) is 0 Å². The van der Waals surface area contributed by atoms with Crippen molar-refractivity contribution in [2.75, 3.05) is 0 Å². The minimum Gasteiger partial charge on any atom is -0.344 e. The summed E-state index contributed by atoms with van der Waals surface area (Å²) in [6, 6.07) is 1.72. The molecule has 0 aromatic carbocycles. The van der Waals surface area contributed by atoms with Gasteiger partial charge in [0.25, 0.3) is 0 Å². The van der Waals surface area contributed by atoms with Gasteiger partial charge in [-0.25, -0.2) is 0 Å². The summed E-state index contributed by atoms with van der Waals surface area (Å²) in [5.41, 5.74) is 0. The highest BCUT2D eigenvalue weighted by Crippen LogP contribution is 1.61. The average molecular weight is 98.1 g/mol. The summed E-state index contributed by atoms with van der Waals surface area (Å²) in [6.45, 7) is 0. The number of rotatable bonds is 0. The summed E-state index contributed by atoms with van der Waals surface area (Å²) in [7, 11) is 0. The van der Waals surface area contributed by atoms with Crippen LogP contribution in [0.1, 0.15) is 0 Å². The smallest absolute Gasteiger partial charge is 0.0529 e. The molecule has 0 saturated carbocycles. The number of aromatic nitrogens is 3. The van der Waals surface area contributed by atoms with Crippen LogP contribution in [-0.2, 0) is 0 Å². The van der Waals surface area contributed by atoms with Gasteiger partial charge in [0.15, 0.2) is 0 Å². The molecule has 0 unspecified atom stereocenters. The van der Waals surface area contributed by atoms with E-state index in [2.05, 4.69) is 15.4 Å². The molecule has 0 fully saturated rings. The summed E-state index contributed by atoms with van der Waals surface area (Å²) in [4.78, 5) is 0. The first-order valence-corrected chi connectivity index (χ1v) is 1.58. The van der Waals surface area contributed by atoms with E-state index in [9.17, 15) is 0 Å². The second-order valence-electron chi connectivity index (χ2n) is 0.811. The molecule has 7 heavy (non-hydrogen) atoms. The van der Waals surface area contributed by atoms with Crippen molar-refractivity contribution in [1.29, 1.82) is 0 Å². The van der Waals surface area contributed by atoms with E-state index in [1.807, 2.05) is 0 Å². The largest absolute Gasteiger partial charge is 0.344 e. The molecule has 0 aliphatic carbocycles. The fourth-order valence-electron chi connectivity index (χ4n) is 0.205. The third kappa shape index (κ3) is 1.77. The molecule has 0 amide bonds. The Morgan fingerprint density at radius 2 is 1.57 bits per heavy atom. The molecule has 1 rings (SSSR count). The summed E-state index contributed by atoms with van der Waals surface area (Å²) in [5.74, 6) is 0. The Labute approximate surface area is 41.2 Å². The molecular formula is C3H6N4. The predicted molar refractivity (Wildman–Crippen MR) is 24.8 cm³/mol. The normalized spacial score (nSPS) is 6.86. The van der Waals surface area contributed by atoms with Gasteiger partial charge in [-0.3, -0.25) is 0 Å². The number of hydrogen-bond donors (Lipinski definition) is 1. The second kappa shape index (κ2) is 3.17. The molecule has 1 aromatic rings. The Balaban J connectivity index is 0.000000360. The van der Waals surface area contributed by atoms with Gasteiger partial charge in [-0.05, 0) is 11.3 Å². The molecule has 0 aliphatic heterocycles. The van der Waals surface area contributed by atoms with E-state index in [1.54, 1.807) is 18.5 Å². The van der Waals surface area contributed by atoms with Crippen LogP contribution in [0.25, 0.3) is 0 Å². The van der Waals surface area contributed by atoms with Crippen molar-refractivity contribution >= 4 is 0 Å². The van der Waals surface area contributed by atoms with Crippen LogP contribution in [0.4, 0.5) is 0 Å². The lowest BCUT2D eigenvalue weighted by atomic mass is 10.7. The van der Waals surface area contributed by atoms with Crippen molar-refractivity contribution < 1.29 is 0 Å². The van der Waals surface area contributed by atoms with Crippen LogP contribution >= 0.6 is 0 Å². The minimum absolute atomic E-state index is 0. The fourth-order valence-corrected chi connectivity index (χ4v) is 0.205. The zero-order chi connectivity index (χ0) is 4.24. The zero-order valence-electron chi connectivity index (χ0n) is 3.78. The van der Waals surface area contributed by atoms with Crippen molar-refractivity contribution in [3.05, 3.63) is 18.5 Å². The lowest BCUT2D eigenvalue weighted by molar-refractivity contribution is 0.865. The van der Waals surface area contributed by atoms with Crippen LogP contribution in [-0.4, -0.2) is 15.4 Å². The van der Waals surface area contributed by atoms with E-state index in [0.717, 1.165) is 0 Å². The molecule has 3 N–H and O–H groups in total. The minimum atomic E-state index is 0. The SMILES string of the molecule is N.c1cnnnc1. The highest BCUT2D eigenvalue weighted by Gasteiger charge is 1.60. The summed E-state index contributed by atoms with van der Waals surface area (Å²) in [5, 5.41) is 10.1. The van der Waals surface area contributed by atoms with Crippen molar-refractivity contribution in [3.8, 4) is 0 Å². The van der Waals surface area contributed by atoms with Crippen LogP contribution in [0.3, 0.4) is 0 Å². The highest BCUT2D eigenvalue weighted by molar-refractivity contribution is 4.69. The molecule has 1 aromatic heterocycles. The molecule has 38 valence electrons. The van der Waals surface area contributed by atoms with Crippen LogP contribution in [0.15, 0.2) is 18.5 Å². The van der Waals surface area contributed by atoms with E-state index in [1.165, 1.54) is 0 Å². The van der Waals surface area contributed by atoms with Gasteiger partial charge in [0.05, 0.1) is 12.4 Å². The predicted octanol–water partition coefficient (Wildman–Crippen LogP) is 0.0336. The Morgan fingerprint density at radius 3 is 1.71 bits per heavy atom. The monoisotopic (exact) mass is 98.1 g/mol. The third-order valence-electron chi connectivity index (χ3n) is 0.409. The van der Waals surface area contributed by atoms with E-state index in [0.29, 0.717) is 0 Å². The Hall–Kier alpha value is -1.03. The molecule has 0 aliphatic rings. The van der Waals surface area contributed by atoms with Gasteiger partial charge in [-0.15, -0.1) is 10.2 Å². The van der Waals surface area contributed by atoms with Gasteiger partial charge >= 0.3 is 0 Å². The van der Waals surface area contributed by atoms with E-state index in [4.69, 9.17) is 0 Å². The first-order chi connectivity index (χ1) is 3.00. The first kappa shape index (κ1) is 5.97. The van der Waals surface area contributed by atoms with Crippen LogP contribution in [0.5, 0.6) is 0 Å². The van der Waals surface area contributed by atoms with Crippen LogP contribution in [0, 0.1) is 0 Å². The molecule has 0 spiro atoms. The number of nitrogens with zero attached hydrogens (tertiary/aromatic N) is 3. The Bertz CT molecular complexity index is 78.9. The van der Waals surface area contributed by atoms with E-state index < -0.39 is 0 Å². The van der Waals surface area contributed by atoms with Crippen LogP contribution < -0.4 is 6.15 Å². The van der Waals surface area contributed by atoms with E-state index >= 15 is 0 Å². The summed E-state index contributed by atoms with van der Waals surface area (Å²) >= 11 is 0. The molecule has 4 nitrogen and oxygen atoms in total. The molecule has 0 bridgehead atoms. The maximum absolute atomic E-state index is 3.42. The lowest BCUT2D eigenvalue weighted by Gasteiger charge is -1.68. The summed E-state index contributed by atoms with van der Waals surface area (Å²) in [6.07, 6.45) is 3.15. The van der Waals surface area contributed by atoms with Crippen molar-refractivity contribution in [1.82, 2.24) is 21.6 Å². The van der Waals surface area contributed by atoms with Gasteiger partial charge in [-0.2, -0.15) is 0 Å². The third-order valence-corrected chi connectivity index (χ3v) is 0.409. The van der Waals surface area contributed by atoms with Crippen molar-refractivity contribution in [2.24, 2.45) is 0 Å².